The van der Waals surface area contributed by atoms with Crippen LogP contribution in [0, 0.1) is 0 Å². The zero-order valence-electron chi connectivity index (χ0n) is 12.4. The van der Waals surface area contributed by atoms with Crippen LogP contribution in [-0.2, 0) is 0 Å². The molecule has 1 atom stereocenters. The van der Waals surface area contributed by atoms with Gasteiger partial charge in [-0.2, -0.15) is 0 Å². The lowest BCUT2D eigenvalue weighted by Crippen LogP contribution is -2.05. The Morgan fingerprint density at radius 1 is 1.10 bits per heavy atom. The predicted molar refractivity (Wildman–Crippen MR) is 93.2 cm³/mol. The number of benzene rings is 2. The molecular weight excluding hydrogens is 276 g/mol. The van der Waals surface area contributed by atoms with Crippen molar-refractivity contribution in [3.63, 3.8) is 0 Å². The molecule has 3 rings (SSSR count). The first-order valence-corrected chi connectivity index (χ1v) is 8.33. The Balaban J connectivity index is 1.73. The molecule has 3 heteroatoms. The van der Waals surface area contributed by atoms with Gasteiger partial charge >= 0.3 is 0 Å². The summed E-state index contributed by atoms with van der Waals surface area (Å²) in [5.74, 6) is 1.55. The fourth-order valence-electron chi connectivity index (χ4n) is 2.39. The first-order chi connectivity index (χ1) is 10.2. The molecular formula is C18H20N2S. The van der Waals surface area contributed by atoms with Crippen LogP contribution in [0.4, 0.5) is 5.69 Å². The summed E-state index contributed by atoms with van der Waals surface area (Å²) in [6.07, 6.45) is 0. The van der Waals surface area contributed by atoms with Crippen LogP contribution in [0.25, 0.3) is 0 Å². The number of hydrogen-bond acceptors (Lipinski definition) is 3. The van der Waals surface area contributed by atoms with Crippen molar-refractivity contribution < 1.29 is 0 Å². The van der Waals surface area contributed by atoms with Crippen LogP contribution in [0.15, 0.2) is 59.6 Å². The minimum Gasteiger partial charge on any atom is -0.335 e. The first-order valence-electron chi connectivity index (χ1n) is 7.35. The summed E-state index contributed by atoms with van der Waals surface area (Å²) in [6.45, 7) is 4.43. The maximum absolute atomic E-state index is 4.80. The lowest BCUT2D eigenvalue weighted by atomic mass is 10.0. The monoisotopic (exact) mass is 296 g/mol. The molecule has 1 heterocycles. The number of amidine groups is 1. The van der Waals surface area contributed by atoms with Gasteiger partial charge in [-0.05, 0) is 29.2 Å². The highest BCUT2D eigenvalue weighted by Gasteiger charge is 2.19. The van der Waals surface area contributed by atoms with Gasteiger partial charge in [-0.25, -0.2) is 0 Å². The molecule has 0 saturated heterocycles. The van der Waals surface area contributed by atoms with Crippen molar-refractivity contribution in [2.24, 2.45) is 4.99 Å². The zero-order valence-corrected chi connectivity index (χ0v) is 13.2. The van der Waals surface area contributed by atoms with E-state index in [-0.39, 0.29) is 6.04 Å². The molecule has 1 N–H and O–H groups in total. The molecule has 1 aliphatic rings. The quantitative estimate of drug-likeness (QED) is 0.855. The molecule has 21 heavy (non-hydrogen) atoms. The smallest absolute Gasteiger partial charge is 0.161 e. The van der Waals surface area contributed by atoms with Gasteiger partial charge < -0.3 is 5.32 Å². The Labute approximate surface area is 130 Å². The second-order valence-corrected chi connectivity index (χ2v) is 6.59. The molecule has 2 aromatic carbocycles. The van der Waals surface area contributed by atoms with Crippen LogP contribution >= 0.6 is 11.8 Å². The average Bonchev–Trinajstić information content (AvgIpc) is 2.97. The SMILES string of the molecule is CC(C)c1cccc(NC2=NC(c3ccccc3)CS2)c1. The van der Waals surface area contributed by atoms with Gasteiger partial charge in [-0.15, -0.1) is 0 Å². The van der Waals surface area contributed by atoms with Crippen molar-refractivity contribution >= 4 is 22.6 Å². The Morgan fingerprint density at radius 3 is 2.67 bits per heavy atom. The highest BCUT2D eigenvalue weighted by molar-refractivity contribution is 8.14. The Bertz CT molecular complexity index is 635. The van der Waals surface area contributed by atoms with Crippen molar-refractivity contribution in [3.8, 4) is 0 Å². The van der Waals surface area contributed by atoms with Gasteiger partial charge in [0.25, 0.3) is 0 Å². The topological polar surface area (TPSA) is 24.4 Å². The molecule has 0 saturated carbocycles. The molecule has 0 spiro atoms. The van der Waals surface area contributed by atoms with Gasteiger partial charge in [0.2, 0.25) is 0 Å². The van der Waals surface area contributed by atoms with Gasteiger partial charge in [-0.3, -0.25) is 4.99 Å². The van der Waals surface area contributed by atoms with Crippen LogP contribution in [0.2, 0.25) is 0 Å². The number of nitrogens with one attached hydrogen (secondary N) is 1. The van der Waals surface area contributed by atoms with E-state index in [0.717, 1.165) is 16.6 Å². The molecule has 2 aromatic rings. The van der Waals surface area contributed by atoms with Crippen molar-refractivity contribution in [3.05, 3.63) is 65.7 Å². The normalized spacial score (nSPS) is 17.9. The van der Waals surface area contributed by atoms with Gasteiger partial charge in [-0.1, -0.05) is 68.1 Å². The third-order valence-corrected chi connectivity index (χ3v) is 4.60. The summed E-state index contributed by atoms with van der Waals surface area (Å²) in [7, 11) is 0. The molecule has 2 nitrogen and oxygen atoms in total. The number of aliphatic imine (C=N–C) groups is 1. The highest BCUT2D eigenvalue weighted by atomic mass is 32.2. The molecule has 1 aliphatic heterocycles. The lowest BCUT2D eigenvalue weighted by Gasteiger charge is -2.09. The number of thioether (sulfide) groups is 1. The predicted octanol–water partition coefficient (Wildman–Crippen LogP) is 5.07. The van der Waals surface area contributed by atoms with Gasteiger partial charge in [0.15, 0.2) is 5.17 Å². The van der Waals surface area contributed by atoms with E-state index in [1.807, 2.05) is 6.07 Å². The number of hydrogen-bond donors (Lipinski definition) is 1. The van der Waals surface area contributed by atoms with E-state index in [0.29, 0.717) is 5.92 Å². The van der Waals surface area contributed by atoms with E-state index >= 15 is 0 Å². The maximum Gasteiger partial charge on any atom is 0.161 e. The Morgan fingerprint density at radius 2 is 1.90 bits per heavy atom. The van der Waals surface area contributed by atoms with Crippen LogP contribution in [-0.4, -0.2) is 10.9 Å². The fourth-order valence-corrected chi connectivity index (χ4v) is 3.36. The molecule has 1 unspecified atom stereocenters. The number of anilines is 1. The molecule has 0 aliphatic carbocycles. The van der Waals surface area contributed by atoms with E-state index in [1.54, 1.807) is 11.8 Å². The van der Waals surface area contributed by atoms with Crippen molar-refractivity contribution in [2.45, 2.75) is 25.8 Å². The molecule has 108 valence electrons. The highest BCUT2D eigenvalue weighted by Crippen LogP contribution is 2.31. The number of nitrogens with zero attached hydrogens (tertiary/aromatic N) is 1. The summed E-state index contributed by atoms with van der Waals surface area (Å²) < 4.78 is 0. The van der Waals surface area contributed by atoms with Crippen LogP contribution in [0.1, 0.15) is 36.9 Å². The van der Waals surface area contributed by atoms with Crippen LogP contribution < -0.4 is 5.32 Å². The van der Waals surface area contributed by atoms with Crippen molar-refractivity contribution in [2.75, 3.05) is 11.1 Å². The van der Waals surface area contributed by atoms with Crippen LogP contribution in [0.5, 0.6) is 0 Å². The van der Waals surface area contributed by atoms with Gasteiger partial charge in [0.1, 0.15) is 0 Å². The van der Waals surface area contributed by atoms with E-state index < -0.39 is 0 Å². The third kappa shape index (κ3) is 3.48. The maximum atomic E-state index is 4.80. The second-order valence-electron chi connectivity index (χ2n) is 5.58. The minimum atomic E-state index is 0.270. The van der Waals surface area contributed by atoms with E-state index in [1.165, 1.54) is 11.1 Å². The minimum absolute atomic E-state index is 0.270. The molecule has 0 bridgehead atoms. The summed E-state index contributed by atoms with van der Waals surface area (Å²) in [5, 5.41) is 4.47. The first kappa shape index (κ1) is 14.2. The molecule has 0 aromatic heterocycles. The third-order valence-electron chi connectivity index (χ3n) is 3.64. The standard InChI is InChI=1S/C18H20N2S/c1-13(2)15-9-6-10-16(11-15)19-18-20-17(12-21-18)14-7-4-3-5-8-14/h3-11,13,17H,12H2,1-2H3,(H,19,20). The second kappa shape index (κ2) is 6.35. The summed E-state index contributed by atoms with van der Waals surface area (Å²) in [5.41, 5.74) is 3.77. The summed E-state index contributed by atoms with van der Waals surface area (Å²) >= 11 is 1.79. The van der Waals surface area contributed by atoms with Gasteiger partial charge in [0.05, 0.1) is 6.04 Å². The fraction of sp³-hybridized carbons (Fsp3) is 0.278. The molecule has 0 fully saturated rings. The average molecular weight is 296 g/mol. The Hall–Kier alpha value is -1.74. The lowest BCUT2D eigenvalue weighted by molar-refractivity contribution is 0.849. The zero-order chi connectivity index (χ0) is 14.7. The van der Waals surface area contributed by atoms with Gasteiger partial charge in [0, 0.05) is 11.4 Å². The molecule has 0 radical (unpaired) electrons. The number of rotatable bonds is 3. The molecule has 0 amide bonds. The van der Waals surface area contributed by atoms with Crippen molar-refractivity contribution in [1.82, 2.24) is 0 Å². The largest absolute Gasteiger partial charge is 0.335 e. The van der Waals surface area contributed by atoms with E-state index in [2.05, 4.69) is 67.7 Å². The van der Waals surface area contributed by atoms with Crippen molar-refractivity contribution in [1.29, 1.82) is 0 Å². The van der Waals surface area contributed by atoms with Crippen LogP contribution in [0.3, 0.4) is 0 Å². The summed E-state index contributed by atoms with van der Waals surface area (Å²) in [4.78, 5) is 4.80. The van der Waals surface area contributed by atoms with E-state index in [4.69, 9.17) is 4.99 Å². The Kier molecular flexibility index (Phi) is 4.30. The van der Waals surface area contributed by atoms with E-state index in [9.17, 15) is 0 Å². The summed E-state index contributed by atoms with van der Waals surface area (Å²) in [6, 6.07) is 19.4.